The van der Waals surface area contributed by atoms with Gasteiger partial charge in [-0.3, -0.25) is 9.80 Å². The topological polar surface area (TPSA) is 6.48 Å². The van der Waals surface area contributed by atoms with Gasteiger partial charge in [-0.15, -0.1) is 0 Å². The minimum absolute atomic E-state index is 0.344. The lowest BCUT2D eigenvalue weighted by atomic mass is 9.95. The number of hydrogen-bond acceptors (Lipinski definition) is 2. The molecule has 0 amide bonds. The zero-order chi connectivity index (χ0) is 12.8. The van der Waals surface area contributed by atoms with Crippen LogP contribution in [0.25, 0.3) is 0 Å². The highest BCUT2D eigenvalue weighted by atomic mass is 15.3. The second-order valence-corrected chi connectivity index (χ2v) is 8.11. The quantitative estimate of drug-likeness (QED) is 0.693. The van der Waals surface area contributed by atoms with Gasteiger partial charge in [0.2, 0.25) is 0 Å². The van der Waals surface area contributed by atoms with Crippen molar-refractivity contribution in [1.29, 1.82) is 0 Å². The van der Waals surface area contributed by atoms with E-state index in [9.17, 15) is 0 Å². The molecule has 0 aliphatic carbocycles. The maximum atomic E-state index is 2.75. The first-order valence-electron chi connectivity index (χ1n) is 7.19. The summed E-state index contributed by atoms with van der Waals surface area (Å²) in [5.41, 5.74) is 0.779. The lowest BCUT2D eigenvalue weighted by molar-refractivity contribution is 0.113. The van der Waals surface area contributed by atoms with Crippen molar-refractivity contribution in [3.63, 3.8) is 0 Å². The standard InChI is InChI=1S/C15H30N2/c1-14(2,3)11-16-9-7-13-12(16)8-10-17(13)15(4,5)6/h12-13H,7-11H2,1-6H3. The molecule has 100 valence electrons. The summed E-state index contributed by atoms with van der Waals surface area (Å²) in [6.07, 6.45) is 2.75. The van der Waals surface area contributed by atoms with Crippen LogP contribution in [0, 0.1) is 5.41 Å². The van der Waals surface area contributed by atoms with E-state index in [1.807, 2.05) is 0 Å². The van der Waals surface area contributed by atoms with E-state index in [1.165, 1.54) is 32.5 Å². The molecule has 2 aliphatic rings. The van der Waals surface area contributed by atoms with Crippen molar-refractivity contribution in [1.82, 2.24) is 9.80 Å². The van der Waals surface area contributed by atoms with Crippen LogP contribution in [0.3, 0.4) is 0 Å². The van der Waals surface area contributed by atoms with E-state index >= 15 is 0 Å². The Bertz CT molecular complexity index is 272. The second kappa shape index (κ2) is 4.24. The molecule has 0 bridgehead atoms. The van der Waals surface area contributed by atoms with Crippen LogP contribution in [0.4, 0.5) is 0 Å². The zero-order valence-corrected chi connectivity index (χ0v) is 12.6. The molecule has 2 heterocycles. The molecule has 2 saturated heterocycles. The molecular weight excluding hydrogens is 208 g/mol. The predicted octanol–water partition coefficient (Wildman–Crippen LogP) is 2.98. The van der Waals surface area contributed by atoms with Gasteiger partial charge in [0.1, 0.15) is 0 Å². The molecule has 2 rings (SSSR count). The lowest BCUT2D eigenvalue weighted by Gasteiger charge is -2.37. The van der Waals surface area contributed by atoms with Crippen LogP contribution in [0.2, 0.25) is 0 Å². The number of rotatable bonds is 1. The van der Waals surface area contributed by atoms with E-state index in [0.717, 1.165) is 12.1 Å². The third kappa shape index (κ3) is 2.85. The molecule has 2 fully saturated rings. The van der Waals surface area contributed by atoms with Crippen molar-refractivity contribution < 1.29 is 0 Å². The third-order valence-electron chi connectivity index (χ3n) is 4.23. The fraction of sp³-hybridized carbons (Fsp3) is 1.00. The zero-order valence-electron chi connectivity index (χ0n) is 12.6. The van der Waals surface area contributed by atoms with Crippen molar-refractivity contribution in [3.05, 3.63) is 0 Å². The summed E-state index contributed by atoms with van der Waals surface area (Å²) in [5.74, 6) is 0. The van der Waals surface area contributed by atoms with Crippen molar-refractivity contribution in [3.8, 4) is 0 Å². The molecule has 0 saturated carbocycles. The monoisotopic (exact) mass is 238 g/mol. The fourth-order valence-electron chi connectivity index (χ4n) is 3.71. The molecule has 2 unspecified atom stereocenters. The van der Waals surface area contributed by atoms with Gasteiger partial charge in [0.05, 0.1) is 0 Å². The molecule has 2 atom stereocenters. The third-order valence-corrected chi connectivity index (χ3v) is 4.23. The van der Waals surface area contributed by atoms with E-state index in [-0.39, 0.29) is 0 Å². The molecule has 0 aromatic carbocycles. The molecule has 2 heteroatoms. The molecule has 0 N–H and O–H groups in total. The maximum Gasteiger partial charge on any atom is 0.0269 e. The van der Waals surface area contributed by atoms with Gasteiger partial charge >= 0.3 is 0 Å². The summed E-state index contributed by atoms with van der Waals surface area (Å²) in [6.45, 7) is 18.0. The van der Waals surface area contributed by atoms with E-state index in [4.69, 9.17) is 0 Å². The van der Waals surface area contributed by atoms with Gasteiger partial charge in [-0.2, -0.15) is 0 Å². The Morgan fingerprint density at radius 3 is 2.00 bits per heavy atom. The molecule has 0 radical (unpaired) electrons. The fourth-order valence-corrected chi connectivity index (χ4v) is 3.71. The van der Waals surface area contributed by atoms with E-state index < -0.39 is 0 Å². The van der Waals surface area contributed by atoms with Crippen LogP contribution in [-0.4, -0.2) is 47.1 Å². The van der Waals surface area contributed by atoms with Gasteiger partial charge in [-0.1, -0.05) is 20.8 Å². The van der Waals surface area contributed by atoms with Crippen molar-refractivity contribution in [2.45, 2.75) is 72.0 Å². The molecule has 0 aromatic heterocycles. The highest BCUT2D eigenvalue weighted by Gasteiger charge is 2.46. The number of nitrogens with zero attached hydrogens (tertiary/aromatic N) is 2. The Hall–Kier alpha value is -0.0800. The second-order valence-electron chi connectivity index (χ2n) is 8.11. The number of fused-ring (bicyclic) bond motifs is 1. The summed E-state index contributed by atoms with van der Waals surface area (Å²) < 4.78 is 0. The predicted molar refractivity (Wildman–Crippen MR) is 74.3 cm³/mol. The lowest BCUT2D eigenvalue weighted by Crippen LogP contribution is -2.47. The Morgan fingerprint density at radius 1 is 0.882 bits per heavy atom. The minimum atomic E-state index is 0.344. The number of likely N-dealkylation sites (tertiary alicyclic amines) is 2. The molecule has 2 nitrogen and oxygen atoms in total. The average Bonchev–Trinajstić information content (AvgIpc) is 2.63. The van der Waals surface area contributed by atoms with E-state index in [1.54, 1.807) is 0 Å². The van der Waals surface area contributed by atoms with Gasteiger partial charge in [0, 0.05) is 37.3 Å². The van der Waals surface area contributed by atoms with Gasteiger partial charge < -0.3 is 0 Å². The Labute approximate surface area is 107 Å². The van der Waals surface area contributed by atoms with Crippen LogP contribution >= 0.6 is 0 Å². The summed E-state index contributed by atoms with van der Waals surface area (Å²) in [7, 11) is 0. The largest absolute Gasteiger partial charge is 0.298 e. The normalized spacial score (nSPS) is 32.1. The summed E-state index contributed by atoms with van der Waals surface area (Å²) >= 11 is 0. The van der Waals surface area contributed by atoms with Gasteiger partial charge in [-0.05, 0) is 39.0 Å². The first kappa shape index (κ1) is 13.4. The molecule has 2 aliphatic heterocycles. The van der Waals surface area contributed by atoms with Crippen LogP contribution in [0.5, 0.6) is 0 Å². The van der Waals surface area contributed by atoms with Crippen molar-refractivity contribution in [2.24, 2.45) is 5.41 Å². The molecule has 17 heavy (non-hydrogen) atoms. The Morgan fingerprint density at radius 2 is 1.47 bits per heavy atom. The SMILES string of the molecule is CC(C)(C)CN1CCC2C1CCN2C(C)(C)C. The Balaban J connectivity index is 2.02. The van der Waals surface area contributed by atoms with Crippen LogP contribution in [-0.2, 0) is 0 Å². The first-order chi connectivity index (χ1) is 7.68. The van der Waals surface area contributed by atoms with E-state index in [2.05, 4.69) is 51.3 Å². The van der Waals surface area contributed by atoms with Crippen LogP contribution in [0.1, 0.15) is 54.4 Å². The average molecular weight is 238 g/mol. The summed E-state index contributed by atoms with van der Waals surface area (Å²) in [4.78, 5) is 5.48. The van der Waals surface area contributed by atoms with Crippen LogP contribution in [0.15, 0.2) is 0 Å². The van der Waals surface area contributed by atoms with Gasteiger partial charge in [-0.25, -0.2) is 0 Å². The number of hydrogen-bond donors (Lipinski definition) is 0. The Kier molecular flexibility index (Phi) is 3.33. The molecule has 0 spiro atoms. The highest BCUT2D eigenvalue weighted by Crippen LogP contribution is 2.37. The van der Waals surface area contributed by atoms with Gasteiger partial charge in [0.15, 0.2) is 0 Å². The maximum absolute atomic E-state index is 2.75. The molecular formula is C15H30N2. The first-order valence-corrected chi connectivity index (χ1v) is 7.19. The highest BCUT2D eigenvalue weighted by molar-refractivity contribution is 5.02. The van der Waals surface area contributed by atoms with Crippen molar-refractivity contribution >= 4 is 0 Å². The minimum Gasteiger partial charge on any atom is -0.298 e. The smallest absolute Gasteiger partial charge is 0.0269 e. The van der Waals surface area contributed by atoms with Crippen molar-refractivity contribution in [2.75, 3.05) is 19.6 Å². The summed E-state index contributed by atoms with van der Waals surface area (Å²) in [6, 6.07) is 1.64. The molecule has 0 aromatic rings. The van der Waals surface area contributed by atoms with Crippen LogP contribution < -0.4 is 0 Å². The van der Waals surface area contributed by atoms with E-state index in [0.29, 0.717) is 11.0 Å². The summed E-state index contributed by atoms with van der Waals surface area (Å²) in [5, 5.41) is 0. The van der Waals surface area contributed by atoms with Gasteiger partial charge in [0.25, 0.3) is 0 Å².